The molecule has 0 saturated carbocycles. The van der Waals surface area contributed by atoms with Crippen LogP contribution in [0.3, 0.4) is 0 Å². The van der Waals surface area contributed by atoms with E-state index < -0.39 is 18.2 Å². The van der Waals surface area contributed by atoms with E-state index in [1.54, 1.807) is 38.1 Å². The first-order valence-corrected chi connectivity index (χ1v) is 5.07. The van der Waals surface area contributed by atoms with Crippen molar-refractivity contribution in [1.82, 2.24) is 0 Å². The monoisotopic (exact) mass is 224 g/mol. The van der Waals surface area contributed by atoms with Gasteiger partial charge in [-0.2, -0.15) is 0 Å². The smallest absolute Gasteiger partial charge is 0.346 e. The molecule has 0 saturated heterocycles. The number of methoxy groups -OCH3 is 1. The highest BCUT2D eigenvalue weighted by Gasteiger charge is 2.14. The van der Waals surface area contributed by atoms with Crippen molar-refractivity contribution in [2.24, 2.45) is 0 Å². The molecule has 4 heteroatoms. The van der Waals surface area contributed by atoms with Crippen LogP contribution in [0, 0.1) is 0 Å². The Kier molecular flexibility index (Phi) is 4.31. The Bertz CT molecular complexity index is 360. The fourth-order valence-corrected chi connectivity index (χ4v) is 1.27. The van der Waals surface area contributed by atoms with Crippen molar-refractivity contribution in [1.29, 1.82) is 0 Å². The third kappa shape index (κ3) is 3.24. The minimum absolute atomic E-state index is 0.428. The lowest BCUT2D eigenvalue weighted by molar-refractivity contribution is -0.147. The number of aliphatic hydroxyl groups excluding tert-OH is 1. The van der Waals surface area contributed by atoms with Crippen LogP contribution < -0.4 is 4.74 Å². The SMILES string of the molecule is COC(=O)C(C)Oc1cccc([C@@H](C)O)c1. The second kappa shape index (κ2) is 5.51. The van der Waals surface area contributed by atoms with E-state index in [1.165, 1.54) is 7.11 Å². The van der Waals surface area contributed by atoms with Crippen LogP contribution in [0.2, 0.25) is 0 Å². The van der Waals surface area contributed by atoms with Crippen molar-refractivity contribution in [2.75, 3.05) is 7.11 Å². The van der Waals surface area contributed by atoms with Gasteiger partial charge in [-0.1, -0.05) is 12.1 Å². The number of rotatable bonds is 4. The van der Waals surface area contributed by atoms with Gasteiger partial charge < -0.3 is 14.6 Å². The summed E-state index contributed by atoms with van der Waals surface area (Å²) >= 11 is 0. The van der Waals surface area contributed by atoms with E-state index in [9.17, 15) is 9.90 Å². The molecule has 1 N–H and O–H groups in total. The molecule has 0 heterocycles. The van der Waals surface area contributed by atoms with Gasteiger partial charge in [0.1, 0.15) is 5.75 Å². The Labute approximate surface area is 94.8 Å². The molecule has 0 aliphatic rings. The quantitative estimate of drug-likeness (QED) is 0.790. The number of esters is 1. The normalized spacial score (nSPS) is 14.0. The topological polar surface area (TPSA) is 55.8 Å². The lowest BCUT2D eigenvalue weighted by atomic mass is 10.1. The summed E-state index contributed by atoms with van der Waals surface area (Å²) in [6.45, 7) is 3.28. The summed E-state index contributed by atoms with van der Waals surface area (Å²) in [6, 6.07) is 6.98. The van der Waals surface area contributed by atoms with Crippen LogP contribution >= 0.6 is 0 Å². The van der Waals surface area contributed by atoms with Crippen LogP contribution in [-0.2, 0) is 9.53 Å². The van der Waals surface area contributed by atoms with Crippen LogP contribution in [0.15, 0.2) is 24.3 Å². The van der Waals surface area contributed by atoms with Crippen molar-refractivity contribution in [3.05, 3.63) is 29.8 Å². The molecule has 0 aliphatic carbocycles. The molecule has 0 radical (unpaired) electrons. The largest absolute Gasteiger partial charge is 0.479 e. The summed E-state index contributed by atoms with van der Waals surface area (Å²) in [5, 5.41) is 9.39. The Morgan fingerprint density at radius 1 is 1.38 bits per heavy atom. The van der Waals surface area contributed by atoms with Crippen molar-refractivity contribution in [3.8, 4) is 5.75 Å². The molecule has 4 nitrogen and oxygen atoms in total. The number of hydrogen-bond acceptors (Lipinski definition) is 4. The first-order chi connectivity index (χ1) is 7.54. The average molecular weight is 224 g/mol. The summed E-state index contributed by atoms with van der Waals surface area (Å²) in [7, 11) is 1.31. The molecule has 0 aromatic heterocycles. The number of benzene rings is 1. The van der Waals surface area contributed by atoms with Crippen LogP contribution in [0.4, 0.5) is 0 Å². The average Bonchev–Trinajstić information content (AvgIpc) is 2.28. The number of carbonyl (C=O) groups excluding carboxylic acids is 1. The van der Waals surface area contributed by atoms with Crippen LogP contribution in [0.1, 0.15) is 25.5 Å². The molecule has 1 rings (SSSR count). The number of carbonyl (C=O) groups is 1. The predicted octanol–water partition coefficient (Wildman–Crippen LogP) is 1.68. The van der Waals surface area contributed by atoms with Gasteiger partial charge in [0, 0.05) is 0 Å². The fraction of sp³-hybridized carbons (Fsp3) is 0.417. The second-order valence-electron chi connectivity index (χ2n) is 3.53. The molecule has 0 spiro atoms. The fourth-order valence-electron chi connectivity index (χ4n) is 1.27. The zero-order chi connectivity index (χ0) is 12.1. The van der Waals surface area contributed by atoms with E-state index >= 15 is 0 Å². The van der Waals surface area contributed by atoms with Gasteiger partial charge in [-0.05, 0) is 31.5 Å². The van der Waals surface area contributed by atoms with Gasteiger partial charge >= 0.3 is 5.97 Å². The first-order valence-electron chi connectivity index (χ1n) is 5.07. The number of aliphatic hydroxyl groups is 1. The van der Waals surface area contributed by atoms with Crippen LogP contribution in [0.25, 0.3) is 0 Å². The maximum Gasteiger partial charge on any atom is 0.346 e. The minimum Gasteiger partial charge on any atom is -0.479 e. The molecule has 1 unspecified atom stereocenters. The van der Waals surface area contributed by atoms with Crippen molar-refractivity contribution in [2.45, 2.75) is 26.1 Å². The van der Waals surface area contributed by atoms with E-state index in [0.717, 1.165) is 5.56 Å². The van der Waals surface area contributed by atoms with Gasteiger partial charge in [0.05, 0.1) is 13.2 Å². The second-order valence-corrected chi connectivity index (χ2v) is 3.53. The van der Waals surface area contributed by atoms with Gasteiger partial charge in [0.2, 0.25) is 0 Å². The summed E-state index contributed by atoms with van der Waals surface area (Å²) in [5.74, 6) is 0.110. The standard InChI is InChI=1S/C12H16O4/c1-8(13)10-5-4-6-11(7-10)16-9(2)12(14)15-3/h4-9,13H,1-3H3/t8-,9?/m1/s1. The van der Waals surface area contributed by atoms with E-state index in [4.69, 9.17) is 4.74 Å². The zero-order valence-corrected chi connectivity index (χ0v) is 9.64. The number of hydrogen-bond donors (Lipinski definition) is 1. The molecule has 1 aromatic rings. The molecule has 16 heavy (non-hydrogen) atoms. The van der Waals surface area contributed by atoms with Crippen molar-refractivity contribution >= 4 is 5.97 Å². The van der Waals surface area contributed by atoms with Crippen molar-refractivity contribution in [3.63, 3.8) is 0 Å². The molecule has 88 valence electrons. The summed E-state index contributed by atoms with van der Waals surface area (Å²) in [5.41, 5.74) is 0.745. The molecule has 0 amide bonds. The third-order valence-electron chi connectivity index (χ3n) is 2.19. The highest BCUT2D eigenvalue weighted by molar-refractivity contribution is 5.74. The molecular formula is C12H16O4. The van der Waals surface area contributed by atoms with E-state index in [2.05, 4.69) is 4.74 Å². The van der Waals surface area contributed by atoms with Gasteiger partial charge in [-0.25, -0.2) is 4.79 Å². The summed E-state index contributed by atoms with van der Waals surface area (Å²) in [6.07, 6.45) is -1.22. The van der Waals surface area contributed by atoms with Crippen molar-refractivity contribution < 1.29 is 19.4 Å². The number of ether oxygens (including phenoxy) is 2. The first kappa shape index (κ1) is 12.5. The Hall–Kier alpha value is -1.55. The van der Waals surface area contributed by atoms with Crippen LogP contribution in [-0.4, -0.2) is 24.3 Å². The van der Waals surface area contributed by atoms with E-state index in [1.807, 2.05) is 0 Å². The molecule has 0 aliphatic heterocycles. The Balaban J connectivity index is 2.74. The van der Waals surface area contributed by atoms with Crippen LogP contribution in [0.5, 0.6) is 5.75 Å². The van der Waals surface area contributed by atoms with Gasteiger partial charge in [-0.15, -0.1) is 0 Å². The maximum atomic E-state index is 11.1. The summed E-state index contributed by atoms with van der Waals surface area (Å²) in [4.78, 5) is 11.1. The zero-order valence-electron chi connectivity index (χ0n) is 9.64. The molecule has 0 bridgehead atoms. The predicted molar refractivity (Wildman–Crippen MR) is 59.2 cm³/mol. The summed E-state index contributed by atoms with van der Waals surface area (Å²) < 4.78 is 9.92. The Morgan fingerprint density at radius 2 is 2.06 bits per heavy atom. The lowest BCUT2D eigenvalue weighted by Crippen LogP contribution is -2.24. The maximum absolute atomic E-state index is 11.1. The third-order valence-corrected chi connectivity index (χ3v) is 2.19. The highest BCUT2D eigenvalue weighted by atomic mass is 16.6. The van der Waals surface area contributed by atoms with Gasteiger partial charge in [-0.3, -0.25) is 0 Å². The lowest BCUT2D eigenvalue weighted by Gasteiger charge is -2.13. The highest BCUT2D eigenvalue weighted by Crippen LogP contribution is 2.19. The molecule has 0 fully saturated rings. The minimum atomic E-state index is -0.658. The molecule has 1 aromatic carbocycles. The Morgan fingerprint density at radius 3 is 2.62 bits per heavy atom. The molecule has 2 atom stereocenters. The van der Waals surface area contributed by atoms with Gasteiger partial charge in [0.15, 0.2) is 6.10 Å². The molecular weight excluding hydrogens is 208 g/mol. The van der Waals surface area contributed by atoms with Gasteiger partial charge in [0.25, 0.3) is 0 Å². The van der Waals surface area contributed by atoms with E-state index in [0.29, 0.717) is 5.75 Å². The van der Waals surface area contributed by atoms with E-state index in [-0.39, 0.29) is 0 Å².